The normalized spacial score (nSPS) is 18.2. The Morgan fingerprint density at radius 1 is 1.12 bits per heavy atom. The Kier molecular flexibility index (Phi) is 5.56. The van der Waals surface area contributed by atoms with E-state index in [0.29, 0.717) is 37.5 Å². The van der Waals surface area contributed by atoms with Crippen LogP contribution in [0.15, 0.2) is 42.5 Å². The number of amides is 1. The van der Waals surface area contributed by atoms with Crippen LogP contribution in [0.4, 0.5) is 24.5 Å². The van der Waals surface area contributed by atoms with Gasteiger partial charge in [0, 0.05) is 31.7 Å². The summed E-state index contributed by atoms with van der Waals surface area (Å²) in [5.74, 6) is 0.199. The Hall–Kier alpha value is -3.16. The number of ether oxygens (including phenoxy) is 2. The standard InChI is InChI=1S/C22H18F3N3O3S/c1-30-17-6-4-15(5-7-17)28-20(32)27(19(29)21(28)8-10-31-11-9-21)16-3-2-14(13-26)18(12-16)22(23,24)25/h2-7,12H,8-11H2,1H3. The Balaban J connectivity index is 1.83. The molecule has 4 rings (SSSR count). The molecule has 2 aromatic rings. The fourth-order valence-electron chi connectivity index (χ4n) is 4.14. The number of halogens is 3. The Morgan fingerprint density at radius 3 is 2.31 bits per heavy atom. The summed E-state index contributed by atoms with van der Waals surface area (Å²) in [6.45, 7) is 0.631. The highest BCUT2D eigenvalue weighted by molar-refractivity contribution is 7.81. The first kappa shape index (κ1) is 22.0. The molecule has 0 radical (unpaired) electrons. The van der Waals surface area contributed by atoms with Gasteiger partial charge in [-0.05, 0) is 54.7 Å². The minimum absolute atomic E-state index is 0.0341. The molecule has 0 unspecified atom stereocenters. The zero-order valence-corrected chi connectivity index (χ0v) is 17.8. The lowest BCUT2D eigenvalue weighted by Crippen LogP contribution is -2.53. The zero-order chi connectivity index (χ0) is 23.1. The van der Waals surface area contributed by atoms with Crippen molar-refractivity contribution in [2.24, 2.45) is 0 Å². The van der Waals surface area contributed by atoms with Crippen molar-refractivity contribution in [1.82, 2.24) is 0 Å². The highest BCUT2D eigenvalue weighted by atomic mass is 32.1. The van der Waals surface area contributed by atoms with Gasteiger partial charge < -0.3 is 14.4 Å². The van der Waals surface area contributed by atoms with Crippen LogP contribution in [0.1, 0.15) is 24.0 Å². The average molecular weight is 461 g/mol. The van der Waals surface area contributed by atoms with E-state index < -0.39 is 28.7 Å². The van der Waals surface area contributed by atoms with E-state index in [0.717, 1.165) is 17.0 Å². The predicted octanol–water partition coefficient (Wildman–Crippen LogP) is 4.27. The molecule has 0 aromatic heterocycles. The monoisotopic (exact) mass is 461 g/mol. The zero-order valence-electron chi connectivity index (χ0n) is 17.0. The molecule has 2 aliphatic heterocycles. The topological polar surface area (TPSA) is 65.8 Å². The van der Waals surface area contributed by atoms with Gasteiger partial charge in [-0.25, -0.2) is 0 Å². The van der Waals surface area contributed by atoms with Crippen molar-refractivity contribution in [2.75, 3.05) is 30.1 Å². The van der Waals surface area contributed by atoms with Gasteiger partial charge in [0.25, 0.3) is 5.91 Å². The van der Waals surface area contributed by atoms with Crippen molar-refractivity contribution in [3.8, 4) is 11.8 Å². The highest BCUT2D eigenvalue weighted by Crippen LogP contribution is 2.43. The van der Waals surface area contributed by atoms with Gasteiger partial charge in [0.05, 0.1) is 30.0 Å². The first-order chi connectivity index (χ1) is 15.2. The van der Waals surface area contributed by atoms with Crippen LogP contribution in [-0.4, -0.2) is 36.9 Å². The SMILES string of the molecule is COc1ccc(N2C(=S)N(c3ccc(C#N)c(C(F)(F)F)c3)C(=O)C23CCOCC3)cc1. The molecule has 2 aliphatic rings. The van der Waals surface area contributed by atoms with Gasteiger partial charge in [-0.2, -0.15) is 18.4 Å². The number of nitrogens with zero attached hydrogens (tertiary/aromatic N) is 3. The number of hydrogen-bond acceptors (Lipinski definition) is 5. The fraction of sp³-hybridized carbons (Fsp3) is 0.318. The molecule has 2 aromatic carbocycles. The largest absolute Gasteiger partial charge is 0.497 e. The van der Waals surface area contributed by atoms with Crippen LogP contribution in [-0.2, 0) is 15.7 Å². The smallest absolute Gasteiger partial charge is 0.417 e. The molecule has 1 spiro atoms. The number of carbonyl (C=O) groups excluding carboxylic acids is 1. The van der Waals surface area contributed by atoms with Crippen LogP contribution < -0.4 is 14.5 Å². The maximum atomic E-state index is 13.7. The van der Waals surface area contributed by atoms with E-state index in [-0.39, 0.29) is 10.8 Å². The number of thiocarbonyl (C=S) groups is 1. The Bertz CT molecular complexity index is 1110. The number of carbonyl (C=O) groups is 1. The van der Waals surface area contributed by atoms with Gasteiger partial charge in [-0.1, -0.05) is 0 Å². The van der Waals surface area contributed by atoms with Crippen LogP contribution in [0.25, 0.3) is 0 Å². The number of anilines is 2. The predicted molar refractivity (Wildman–Crippen MR) is 115 cm³/mol. The summed E-state index contributed by atoms with van der Waals surface area (Å²) in [6.07, 6.45) is -4.09. The fourth-order valence-corrected chi connectivity index (χ4v) is 4.61. The van der Waals surface area contributed by atoms with Gasteiger partial charge in [-0.15, -0.1) is 0 Å². The molecule has 0 aliphatic carbocycles. The molecule has 0 atom stereocenters. The summed E-state index contributed by atoms with van der Waals surface area (Å²) in [7, 11) is 1.53. The van der Waals surface area contributed by atoms with Crippen LogP contribution in [0.5, 0.6) is 5.75 Å². The van der Waals surface area contributed by atoms with Gasteiger partial charge >= 0.3 is 6.18 Å². The molecule has 0 N–H and O–H groups in total. The molecule has 1 amide bonds. The van der Waals surface area contributed by atoms with Crippen molar-refractivity contribution < 1.29 is 27.4 Å². The Labute approximate surface area is 187 Å². The summed E-state index contributed by atoms with van der Waals surface area (Å²) in [4.78, 5) is 16.5. The number of methoxy groups -OCH3 is 1. The molecule has 10 heteroatoms. The van der Waals surface area contributed by atoms with Crippen molar-refractivity contribution >= 4 is 34.6 Å². The number of nitriles is 1. The lowest BCUT2D eigenvalue weighted by Gasteiger charge is -2.38. The highest BCUT2D eigenvalue weighted by Gasteiger charge is 2.57. The van der Waals surface area contributed by atoms with Gasteiger partial charge in [0.2, 0.25) is 0 Å². The number of alkyl halides is 3. The lowest BCUT2D eigenvalue weighted by molar-refractivity contribution is -0.137. The molecular formula is C22H18F3N3O3S. The second-order valence-electron chi connectivity index (χ2n) is 7.44. The van der Waals surface area contributed by atoms with Crippen molar-refractivity contribution in [2.45, 2.75) is 24.6 Å². The molecule has 0 bridgehead atoms. The molecule has 6 nitrogen and oxygen atoms in total. The summed E-state index contributed by atoms with van der Waals surface area (Å²) < 4.78 is 51.2. The molecule has 2 heterocycles. The van der Waals surface area contributed by atoms with Crippen LogP contribution >= 0.6 is 12.2 Å². The molecule has 2 saturated heterocycles. The van der Waals surface area contributed by atoms with E-state index in [1.807, 2.05) is 0 Å². The number of hydrogen-bond donors (Lipinski definition) is 0. The summed E-state index contributed by atoms with van der Waals surface area (Å²) in [6, 6.07) is 11.7. The van der Waals surface area contributed by atoms with Crippen molar-refractivity contribution in [3.63, 3.8) is 0 Å². The third-order valence-electron chi connectivity index (χ3n) is 5.75. The van der Waals surface area contributed by atoms with E-state index >= 15 is 0 Å². The summed E-state index contributed by atoms with van der Waals surface area (Å²) in [5, 5.41) is 9.15. The van der Waals surface area contributed by atoms with E-state index in [1.165, 1.54) is 13.2 Å². The van der Waals surface area contributed by atoms with Gasteiger partial charge in [-0.3, -0.25) is 9.69 Å². The van der Waals surface area contributed by atoms with Gasteiger partial charge in [0.1, 0.15) is 11.3 Å². The minimum Gasteiger partial charge on any atom is -0.497 e. The van der Waals surface area contributed by atoms with Crippen LogP contribution in [0.3, 0.4) is 0 Å². The van der Waals surface area contributed by atoms with E-state index in [2.05, 4.69) is 0 Å². The number of rotatable bonds is 3. The maximum Gasteiger partial charge on any atom is 0.417 e. The van der Waals surface area contributed by atoms with Gasteiger partial charge in [0.15, 0.2) is 5.11 Å². The number of benzene rings is 2. The molecular weight excluding hydrogens is 443 g/mol. The summed E-state index contributed by atoms with van der Waals surface area (Å²) >= 11 is 5.63. The average Bonchev–Trinajstić information content (AvgIpc) is 2.99. The van der Waals surface area contributed by atoms with Crippen molar-refractivity contribution in [3.05, 3.63) is 53.6 Å². The van der Waals surface area contributed by atoms with Crippen molar-refractivity contribution in [1.29, 1.82) is 5.26 Å². The third-order valence-corrected chi connectivity index (χ3v) is 6.11. The first-order valence-electron chi connectivity index (χ1n) is 9.75. The Morgan fingerprint density at radius 2 is 1.75 bits per heavy atom. The minimum atomic E-state index is -4.75. The summed E-state index contributed by atoms with van der Waals surface area (Å²) in [5.41, 5.74) is -2.12. The first-order valence-corrected chi connectivity index (χ1v) is 10.2. The van der Waals surface area contributed by atoms with E-state index in [9.17, 15) is 18.0 Å². The molecule has 166 valence electrons. The molecule has 0 saturated carbocycles. The van der Waals surface area contributed by atoms with E-state index in [1.54, 1.807) is 35.2 Å². The van der Waals surface area contributed by atoms with Crippen LogP contribution in [0.2, 0.25) is 0 Å². The third kappa shape index (κ3) is 3.47. The maximum absolute atomic E-state index is 13.7. The van der Waals surface area contributed by atoms with Crippen LogP contribution in [0, 0.1) is 11.3 Å². The van der Waals surface area contributed by atoms with E-state index in [4.69, 9.17) is 27.0 Å². The quantitative estimate of drug-likeness (QED) is 0.636. The lowest BCUT2D eigenvalue weighted by atomic mass is 9.88. The second-order valence-corrected chi connectivity index (χ2v) is 7.81. The molecule has 2 fully saturated rings. The molecule has 32 heavy (non-hydrogen) atoms. The second kappa shape index (κ2) is 8.07.